The van der Waals surface area contributed by atoms with Crippen molar-refractivity contribution in [3.05, 3.63) is 82.9 Å². The number of aromatic carboxylic acids is 1. The summed E-state index contributed by atoms with van der Waals surface area (Å²) in [4.78, 5) is 15.5. The molecule has 1 atom stereocenters. The highest BCUT2D eigenvalue weighted by Crippen LogP contribution is 2.33. The van der Waals surface area contributed by atoms with Gasteiger partial charge in [-0.25, -0.2) is 9.18 Å². The first-order valence-corrected chi connectivity index (χ1v) is 10.7. The summed E-state index contributed by atoms with van der Waals surface area (Å²) < 4.78 is 56.3. The lowest BCUT2D eigenvalue weighted by Gasteiger charge is -2.28. The van der Waals surface area contributed by atoms with Gasteiger partial charge in [0, 0.05) is 30.1 Å². The third-order valence-corrected chi connectivity index (χ3v) is 5.79. The molecular formula is C25H22F4N2O3. The highest BCUT2D eigenvalue weighted by molar-refractivity contribution is 5.89. The standard InChI is InChI=1S/C25H22F4N2O3/c26-22-12-18(34-14-25(27,28)29)3-5-19(22)15-1-4-20-16(11-15)7-10-31-23(20)6-2-17-13-30-9-8-21(17)24(32)33/h1,3-5,8-9,11-13,23,31H,2,6-7,10,14H2,(H,32,33)/t23-/m1/s1. The molecule has 0 amide bonds. The Kier molecular flexibility index (Phi) is 6.83. The number of ether oxygens (including phenoxy) is 1. The Balaban J connectivity index is 1.51. The molecule has 2 N–H and O–H groups in total. The maximum absolute atomic E-state index is 14.6. The second-order valence-corrected chi connectivity index (χ2v) is 8.09. The first-order valence-electron chi connectivity index (χ1n) is 10.7. The lowest BCUT2D eigenvalue weighted by atomic mass is 9.88. The lowest BCUT2D eigenvalue weighted by molar-refractivity contribution is -0.153. The third-order valence-electron chi connectivity index (χ3n) is 5.79. The molecule has 4 rings (SSSR count). The van der Waals surface area contributed by atoms with Crippen molar-refractivity contribution in [3.63, 3.8) is 0 Å². The highest BCUT2D eigenvalue weighted by Gasteiger charge is 2.28. The van der Waals surface area contributed by atoms with Gasteiger partial charge in [-0.2, -0.15) is 13.2 Å². The summed E-state index contributed by atoms with van der Waals surface area (Å²) in [6, 6.07) is 10.8. The van der Waals surface area contributed by atoms with Crippen molar-refractivity contribution in [2.75, 3.05) is 13.2 Å². The summed E-state index contributed by atoms with van der Waals surface area (Å²) in [6.07, 6.45) is 0.462. The van der Waals surface area contributed by atoms with Crippen molar-refractivity contribution in [1.82, 2.24) is 10.3 Å². The lowest BCUT2D eigenvalue weighted by Crippen LogP contribution is -2.30. The SMILES string of the molecule is O=C(O)c1ccncc1CC[C@H]1NCCc2cc(-c3ccc(OCC(F)(F)F)cc3F)ccc21. The van der Waals surface area contributed by atoms with Gasteiger partial charge in [-0.15, -0.1) is 0 Å². The minimum Gasteiger partial charge on any atom is -0.484 e. The van der Waals surface area contributed by atoms with Gasteiger partial charge in [0.15, 0.2) is 6.61 Å². The fourth-order valence-corrected chi connectivity index (χ4v) is 4.20. The highest BCUT2D eigenvalue weighted by atomic mass is 19.4. The number of aromatic nitrogens is 1. The zero-order valence-electron chi connectivity index (χ0n) is 18.0. The van der Waals surface area contributed by atoms with Crippen molar-refractivity contribution >= 4 is 5.97 Å². The maximum Gasteiger partial charge on any atom is 0.422 e. The molecule has 34 heavy (non-hydrogen) atoms. The number of fused-ring (bicyclic) bond motifs is 1. The van der Waals surface area contributed by atoms with Gasteiger partial charge in [0.1, 0.15) is 11.6 Å². The monoisotopic (exact) mass is 474 g/mol. The zero-order valence-corrected chi connectivity index (χ0v) is 18.0. The quantitative estimate of drug-likeness (QED) is 0.452. The number of pyridine rings is 1. The minimum absolute atomic E-state index is 0.00245. The molecule has 5 nitrogen and oxygen atoms in total. The summed E-state index contributed by atoms with van der Waals surface area (Å²) in [5, 5.41) is 12.8. The third kappa shape index (κ3) is 5.53. The van der Waals surface area contributed by atoms with Crippen LogP contribution < -0.4 is 10.1 Å². The van der Waals surface area contributed by atoms with E-state index in [0.717, 1.165) is 23.6 Å². The van der Waals surface area contributed by atoms with Gasteiger partial charge in [0.2, 0.25) is 0 Å². The van der Waals surface area contributed by atoms with Crippen LogP contribution in [0.2, 0.25) is 0 Å². The maximum atomic E-state index is 14.6. The smallest absolute Gasteiger partial charge is 0.422 e. The van der Waals surface area contributed by atoms with Gasteiger partial charge in [-0.1, -0.05) is 18.2 Å². The number of carboxylic acids is 1. The second-order valence-electron chi connectivity index (χ2n) is 8.09. The van der Waals surface area contributed by atoms with Gasteiger partial charge in [0.05, 0.1) is 5.56 Å². The molecule has 0 spiro atoms. The largest absolute Gasteiger partial charge is 0.484 e. The average molecular weight is 474 g/mol. The number of carbonyl (C=O) groups is 1. The normalized spacial score (nSPS) is 15.6. The summed E-state index contributed by atoms with van der Waals surface area (Å²) in [6.45, 7) is -0.765. The number of halogens is 4. The Morgan fingerprint density at radius 1 is 1.18 bits per heavy atom. The molecule has 178 valence electrons. The summed E-state index contributed by atoms with van der Waals surface area (Å²) >= 11 is 0. The molecule has 0 radical (unpaired) electrons. The van der Waals surface area contributed by atoms with Crippen LogP contribution in [0.5, 0.6) is 5.75 Å². The molecule has 1 aliphatic heterocycles. The van der Waals surface area contributed by atoms with Crippen molar-refractivity contribution < 1.29 is 32.2 Å². The van der Waals surface area contributed by atoms with E-state index in [1.807, 2.05) is 12.1 Å². The van der Waals surface area contributed by atoms with Crippen LogP contribution in [-0.4, -0.2) is 35.4 Å². The molecule has 3 aromatic rings. The van der Waals surface area contributed by atoms with Crippen LogP contribution >= 0.6 is 0 Å². The minimum atomic E-state index is -4.50. The first-order chi connectivity index (χ1) is 16.2. The fraction of sp³-hybridized carbons (Fsp3) is 0.280. The van der Waals surface area contributed by atoms with Crippen LogP contribution in [-0.2, 0) is 12.8 Å². The number of carboxylic acid groups (broad SMARTS) is 1. The van der Waals surface area contributed by atoms with Crippen molar-refractivity contribution in [2.24, 2.45) is 0 Å². The number of benzene rings is 2. The van der Waals surface area contributed by atoms with Crippen molar-refractivity contribution in [2.45, 2.75) is 31.5 Å². The van der Waals surface area contributed by atoms with Crippen LogP contribution in [0.25, 0.3) is 11.1 Å². The van der Waals surface area contributed by atoms with Crippen LogP contribution in [0.15, 0.2) is 54.9 Å². The molecule has 9 heteroatoms. The molecule has 1 aliphatic rings. The predicted octanol–water partition coefficient (Wildman–Crippen LogP) is 5.35. The molecule has 0 bridgehead atoms. The van der Waals surface area contributed by atoms with Gasteiger partial charge < -0.3 is 15.2 Å². The van der Waals surface area contributed by atoms with E-state index < -0.39 is 24.6 Å². The van der Waals surface area contributed by atoms with E-state index in [0.29, 0.717) is 30.5 Å². The Bertz CT molecular complexity index is 1200. The molecule has 0 fully saturated rings. The number of rotatable bonds is 7. The van der Waals surface area contributed by atoms with E-state index in [1.165, 1.54) is 24.4 Å². The number of nitrogens with zero attached hydrogens (tertiary/aromatic N) is 1. The molecule has 0 saturated heterocycles. The molecule has 0 saturated carbocycles. The van der Waals surface area contributed by atoms with E-state index in [2.05, 4.69) is 15.0 Å². The Morgan fingerprint density at radius 2 is 2.00 bits per heavy atom. The summed E-state index contributed by atoms with van der Waals surface area (Å²) in [7, 11) is 0. The van der Waals surface area contributed by atoms with E-state index >= 15 is 0 Å². The summed E-state index contributed by atoms with van der Waals surface area (Å²) in [5.74, 6) is -1.84. The molecular weight excluding hydrogens is 452 g/mol. The van der Waals surface area contributed by atoms with Gasteiger partial charge in [0.25, 0.3) is 0 Å². The van der Waals surface area contributed by atoms with Gasteiger partial charge >= 0.3 is 12.1 Å². The topological polar surface area (TPSA) is 71.5 Å². The molecule has 2 aromatic carbocycles. The number of hydrogen-bond donors (Lipinski definition) is 2. The van der Waals surface area contributed by atoms with E-state index in [9.17, 15) is 27.5 Å². The van der Waals surface area contributed by atoms with Gasteiger partial charge in [-0.3, -0.25) is 4.98 Å². The molecule has 2 heterocycles. The number of hydrogen-bond acceptors (Lipinski definition) is 4. The fourth-order valence-electron chi connectivity index (χ4n) is 4.20. The van der Waals surface area contributed by atoms with Crippen LogP contribution in [0.4, 0.5) is 17.6 Å². The predicted molar refractivity (Wildman–Crippen MR) is 117 cm³/mol. The number of alkyl halides is 3. The van der Waals surface area contributed by atoms with Crippen LogP contribution in [0, 0.1) is 5.82 Å². The Labute approximate surface area is 193 Å². The zero-order chi connectivity index (χ0) is 24.3. The van der Waals surface area contributed by atoms with E-state index in [-0.39, 0.29) is 22.9 Å². The Morgan fingerprint density at radius 3 is 2.74 bits per heavy atom. The van der Waals surface area contributed by atoms with Crippen LogP contribution in [0.1, 0.15) is 39.5 Å². The number of nitrogens with one attached hydrogen (secondary N) is 1. The van der Waals surface area contributed by atoms with Crippen LogP contribution in [0.3, 0.4) is 0 Å². The molecule has 0 unspecified atom stereocenters. The van der Waals surface area contributed by atoms with E-state index in [1.54, 1.807) is 12.3 Å². The first kappa shape index (κ1) is 23.7. The molecule has 0 aliphatic carbocycles. The Hall–Kier alpha value is -3.46. The van der Waals surface area contributed by atoms with Crippen molar-refractivity contribution in [1.29, 1.82) is 0 Å². The van der Waals surface area contributed by atoms with E-state index in [4.69, 9.17) is 0 Å². The molecule has 1 aromatic heterocycles. The summed E-state index contributed by atoms with van der Waals surface area (Å²) in [5.41, 5.74) is 3.90. The van der Waals surface area contributed by atoms with Gasteiger partial charge in [-0.05, 0) is 66.3 Å². The second kappa shape index (κ2) is 9.80. The average Bonchev–Trinajstić information content (AvgIpc) is 2.80. The van der Waals surface area contributed by atoms with Crippen molar-refractivity contribution in [3.8, 4) is 16.9 Å². The number of aryl methyl sites for hydroxylation is 1.